The first-order valence-electron chi connectivity index (χ1n) is 5.54. The van der Waals surface area contributed by atoms with Gasteiger partial charge in [-0.1, -0.05) is 12.1 Å². The fourth-order valence-corrected chi connectivity index (χ4v) is 1.50. The molecule has 1 aromatic carbocycles. The molecule has 0 aliphatic heterocycles. The second-order valence-corrected chi connectivity index (χ2v) is 3.59. The number of hydrogen-bond acceptors (Lipinski definition) is 2. The van der Waals surface area contributed by atoms with Crippen LogP contribution in [0.5, 0.6) is 0 Å². The first-order valence-corrected chi connectivity index (χ1v) is 5.54. The molecular formula is C12H19N3O. The van der Waals surface area contributed by atoms with E-state index in [1.165, 1.54) is 0 Å². The fraction of sp³-hybridized carbons (Fsp3) is 0.417. The summed E-state index contributed by atoms with van der Waals surface area (Å²) < 4.78 is 0. The van der Waals surface area contributed by atoms with Crippen molar-refractivity contribution in [2.75, 3.05) is 18.8 Å². The highest BCUT2D eigenvalue weighted by Gasteiger charge is 2.10. The average Bonchev–Trinajstić information content (AvgIpc) is 2.26. The number of benzene rings is 1. The van der Waals surface area contributed by atoms with Gasteiger partial charge in [0.2, 0.25) is 0 Å². The number of nitrogens with two attached hydrogens (primary N) is 1. The van der Waals surface area contributed by atoms with E-state index in [0.29, 0.717) is 19.6 Å². The molecule has 88 valence electrons. The van der Waals surface area contributed by atoms with Crippen LogP contribution in [-0.2, 0) is 6.54 Å². The molecule has 1 rings (SSSR count). The molecule has 4 heteroatoms. The Kier molecular flexibility index (Phi) is 4.64. The second-order valence-electron chi connectivity index (χ2n) is 3.59. The molecule has 0 unspecified atom stereocenters. The quantitative estimate of drug-likeness (QED) is 0.762. The van der Waals surface area contributed by atoms with Crippen LogP contribution in [0.25, 0.3) is 0 Å². The Morgan fingerprint density at radius 1 is 1.44 bits per heavy atom. The minimum atomic E-state index is -0.0348. The van der Waals surface area contributed by atoms with Gasteiger partial charge in [-0.25, -0.2) is 4.79 Å². The fourth-order valence-electron chi connectivity index (χ4n) is 1.50. The monoisotopic (exact) mass is 221 g/mol. The maximum Gasteiger partial charge on any atom is 0.317 e. The van der Waals surface area contributed by atoms with Crippen molar-refractivity contribution in [2.45, 2.75) is 20.4 Å². The first kappa shape index (κ1) is 12.4. The Hall–Kier alpha value is -1.71. The molecule has 0 aliphatic rings. The zero-order valence-electron chi connectivity index (χ0n) is 9.86. The van der Waals surface area contributed by atoms with Gasteiger partial charge in [-0.2, -0.15) is 0 Å². The highest BCUT2D eigenvalue weighted by atomic mass is 16.2. The number of nitrogens with one attached hydrogen (secondary N) is 1. The SMILES string of the molecule is CCNC(=O)N(CC)Cc1cccc(N)c1. The number of rotatable bonds is 4. The lowest BCUT2D eigenvalue weighted by molar-refractivity contribution is 0.198. The van der Waals surface area contributed by atoms with Gasteiger partial charge in [0.05, 0.1) is 0 Å². The summed E-state index contributed by atoms with van der Waals surface area (Å²) in [5, 5.41) is 2.79. The molecule has 0 heterocycles. The van der Waals surface area contributed by atoms with E-state index in [-0.39, 0.29) is 6.03 Å². The first-order chi connectivity index (χ1) is 7.67. The van der Waals surface area contributed by atoms with Crippen molar-refractivity contribution in [3.63, 3.8) is 0 Å². The molecule has 16 heavy (non-hydrogen) atoms. The van der Waals surface area contributed by atoms with Crippen molar-refractivity contribution in [3.8, 4) is 0 Å². The van der Waals surface area contributed by atoms with Gasteiger partial charge >= 0.3 is 6.03 Å². The molecule has 0 aromatic heterocycles. The van der Waals surface area contributed by atoms with Crippen LogP contribution in [0.1, 0.15) is 19.4 Å². The van der Waals surface area contributed by atoms with Crippen LogP contribution in [0, 0.1) is 0 Å². The van der Waals surface area contributed by atoms with Gasteiger partial charge in [-0.3, -0.25) is 0 Å². The Morgan fingerprint density at radius 2 is 2.19 bits per heavy atom. The summed E-state index contributed by atoms with van der Waals surface area (Å²) in [6.07, 6.45) is 0. The molecule has 0 aliphatic carbocycles. The topological polar surface area (TPSA) is 58.4 Å². The molecule has 0 saturated heterocycles. The van der Waals surface area contributed by atoms with E-state index < -0.39 is 0 Å². The van der Waals surface area contributed by atoms with E-state index in [2.05, 4.69) is 5.32 Å². The lowest BCUT2D eigenvalue weighted by atomic mass is 10.2. The van der Waals surface area contributed by atoms with E-state index in [9.17, 15) is 4.79 Å². The number of nitrogen functional groups attached to an aromatic ring is 1. The molecule has 1 aromatic rings. The normalized spacial score (nSPS) is 9.88. The van der Waals surface area contributed by atoms with E-state index >= 15 is 0 Å². The zero-order valence-corrected chi connectivity index (χ0v) is 9.86. The molecule has 0 spiro atoms. The van der Waals surface area contributed by atoms with Crippen LogP contribution in [-0.4, -0.2) is 24.0 Å². The second kappa shape index (κ2) is 6.00. The van der Waals surface area contributed by atoms with E-state index in [1.54, 1.807) is 4.90 Å². The molecule has 2 amide bonds. The predicted molar refractivity (Wildman–Crippen MR) is 66.0 cm³/mol. The number of hydrogen-bond donors (Lipinski definition) is 2. The molecule has 0 fully saturated rings. The molecular weight excluding hydrogens is 202 g/mol. The standard InChI is InChI=1S/C12H19N3O/c1-3-14-12(16)15(4-2)9-10-6-5-7-11(13)8-10/h5-8H,3-4,9,13H2,1-2H3,(H,14,16). The lowest BCUT2D eigenvalue weighted by Gasteiger charge is -2.21. The maximum absolute atomic E-state index is 11.6. The molecule has 0 radical (unpaired) electrons. The third kappa shape index (κ3) is 3.46. The van der Waals surface area contributed by atoms with Crippen LogP contribution in [0.15, 0.2) is 24.3 Å². The summed E-state index contributed by atoms with van der Waals surface area (Å²) in [7, 11) is 0. The number of carbonyl (C=O) groups is 1. The van der Waals surface area contributed by atoms with Crippen molar-refractivity contribution in [3.05, 3.63) is 29.8 Å². The summed E-state index contributed by atoms with van der Waals surface area (Å²) in [4.78, 5) is 13.4. The van der Waals surface area contributed by atoms with Crippen LogP contribution in [0.3, 0.4) is 0 Å². The van der Waals surface area contributed by atoms with E-state index in [0.717, 1.165) is 11.3 Å². The van der Waals surface area contributed by atoms with E-state index in [1.807, 2.05) is 38.1 Å². The van der Waals surface area contributed by atoms with Crippen LogP contribution in [0.4, 0.5) is 10.5 Å². The van der Waals surface area contributed by atoms with Gasteiger partial charge in [-0.15, -0.1) is 0 Å². The summed E-state index contributed by atoms with van der Waals surface area (Å²) in [6, 6.07) is 7.56. The maximum atomic E-state index is 11.6. The molecule has 3 N–H and O–H groups in total. The highest BCUT2D eigenvalue weighted by Crippen LogP contribution is 2.09. The number of carbonyl (C=O) groups excluding carboxylic acids is 1. The molecule has 0 atom stereocenters. The number of urea groups is 1. The van der Waals surface area contributed by atoms with Gasteiger partial charge in [0, 0.05) is 25.3 Å². The predicted octanol–water partition coefficient (Wildman–Crippen LogP) is 1.82. The molecule has 0 bridgehead atoms. The summed E-state index contributed by atoms with van der Waals surface area (Å²) in [5.41, 5.74) is 7.47. The van der Waals surface area contributed by atoms with Crippen molar-refractivity contribution in [1.29, 1.82) is 0 Å². The highest BCUT2D eigenvalue weighted by molar-refractivity contribution is 5.74. The van der Waals surface area contributed by atoms with Crippen molar-refractivity contribution >= 4 is 11.7 Å². The number of amides is 2. The minimum absolute atomic E-state index is 0.0348. The smallest absolute Gasteiger partial charge is 0.317 e. The van der Waals surface area contributed by atoms with Gasteiger partial charge in [0.1, 0.15) is 0 Å². The Labute approximate surface area is 96.4 Å². The minimum Gasteiger partial charge on any atom is -0.399 e. The van der Waals surface area contributed by atoms with E-state index in [4.69, 9.17) is 5.73 Å². The van der Waals surface area contributed by atoms with Crippen molar-refractivity contribution in [2.24, 2.45) is 0 Å². The summed E-state index contributed by atoms with van der Waals surface area (Å²) >= 11 is 0. The van der Waals surface area contributed by atoms with Gasteiger partial charge in [0.15, 0.2) is 0 Å². The largest absolute Gasteiger partial charge is 0.399 e. The number of anilines is 1. The van der Waals surface area contributed by atoms with Gasteiger partial charge in [-0.05, 0) is 31.5 Å². The third-order valence-corrected chi connectivity index (χ3v) is 2.32. The van der Waals surface area contributed by atoms with Gasteiger partial charge < -0.3 is 16.0 Å². The van der Waals surface area contributed by atoms with Crippen LogP contribution >= 0.6 is 0 Å². The summed E-state index contributed by atoms with van der Waals surface area (Å²) in [6.45, 7) is 5.79. The number of nitrogens with zero attached hydrogens (tertiary/aromatic N) is 1. The van der Waals surface area contributed by atoms with Gasteiger partial charge in [0.25, 0.3) is 0 Å². The summed E-state index contributed by atoms with van der Waals surface area (Å²) in [5.74, 6) is 0. The molecule has 4 nitrogen and oxygen atoms in total. The zero-order chi connectivity index (χ0) is 12.0. The lowest BCUT2D eigenvalue weighted by Crippen LogP contribution is -2.39. The van der Waals surface area contributed by atoms with Crippen molar-refractivity contribution < 1.29 is 4.79 Å². The van der Waals surface area contributed by atoms with Crippen LogP contribution in [0.2, 0.25) is 0 Å². The average molecular weight is 221 g/mol. The Morgan fingerprint density at radius 3 is 2.75 bits per heavy atom. The Bertz CT molecular complexity index is 352. The third-order valence-electron chi connectivity index (χ3n) is 2.32. The van der Waals surface area contributed by atoms with Crippen molar-refractivity contribution in [1.82, 2.24) is 10.2 Å². The Balaban J connectivity index is 2.66. The molecule has 0 saturated carbocycles. The van der Waals surface area contributed by atoms with Crippen LogP contribution < -0.4 is 11.1 Å².